The van der Waals surface area contributed by atoms with Crippen LogP contribution < -0.4 is 11.1 Å². The van der Waals surface area contributed by atoms with Gasteiger partial charge in [-0.1, -0.05) is 12.5 Å². The normalized spacial score (nSPS) is 22.5. The molecule has 3 nitrogen and oxygen atoms in total. The summed E-state index contributed by atoms with van der Waals surface area (Å²) < 4.78 is 13.6. The van der Waals surface area contributed by atoms with Crippen LogP contribution in [0.5, 0.6) is 0 Å². The summed E-state index contributed by atoms with van der Waals surface area (Å²) in [4.78, 5) is 12.0. The first-order valence-electron chi connectivity index (χ1n) is 6.39. The number of hydrogen-bond donors (Lipinski definition) is 2. The van der Waals surface area contributed by atoms with E-state index in [1.165, 1.54) is 6.07 Å². The van der Waals surface area contributed by atoms with Crippen molar-refractivity contribution in [2.45, 2.75) is 38.6 Å². The third kappa shape index (κ3) is 4.18. The summed E-state index contributed by atoms with van der Waals surface area (Å²) in [7, 11) is 0. The molecule has 0 aromatic heterocycles. The van der Waals surface area contributed by atoms with Crippen LogP contribution in [-0.4, -0.2) is 11.9 Å². The number of carbonyl (C=O) groups is 1. The largest absolute Gasteiger partial charge is 0.328 e. The van der Waals surface area contributed by atoms with Crippen molar-refractivity contribution < 1.29 is 9.18 Å². The van der Waals surface area contributed by atoms with Crippen molar-refractivity contribution >= 4 is 24.0 Å². The van der Waals surface area contributed by atoms with Crippen LogP contribution in [0.2, 0.25) is 0 Å². The lowest BCUT2D eigenvalue weighted by Gasteiger charge is -2.25. The predicted octanol–water partition coefficient (Wildman–Crippen LogP) is 3.01. The number of nitrogens with one attached hydrogen (secondary N) is 1. The summed E-state index contributed by atoms with van der Waals surface area (Å²) in [5.41, 5.74) is 6.94. The van der Waals surface area contributed by atoms with Crippen LogP contribution in [0.15, 0.2) is 18.2 Å². The zero-order valence-corrected chi connectivity index (χ0v) is 11.8. The number of nitrogens with two attached hydrogens (primary N) is 1. The first-order chi connectivity index (χ1) is 8.56. The quantitative estimate of drug-likeness (QED) is 0.878. The van der Waals surface area contributed by atoms with Gasteiger partial charge in [0.1, 0.15) is 5.82 Å². The lowest BCUT2D eigenvalue weighted by molar-refractivity contribution is -0.120. The van der Waals surface area contributed by atoms with E-state index in [0.717, 1.165) is 24.8 Å². The third-order valence-corrected chi connectivity index (χ3v) is 3.47. The molecular formula is C14H20ClFN2O. The Morgan fingerprint density at radius 3 is 2.79 bits per heavy atom. The number of carbonyl (C=O) groups excluding carboxylic acids is 1. The Labute approximate surface area is 119 Å². The van der Waals surface area contributed by atoms with Crippen molar-refractivity contribution in [2.24, 2.45) is 11.7 Å². The van der Waals surface area contributed by atoms with Gasteiger partial charge >= 0.3 is 0 Å². The molecule has 2 unspecified atom stereocenters. The summed E-state index contributed by atoms with van der Waals surface area (Å²) in [5, 5.41) is 2.66. The van der Waals surface area contributed by atoms with Crippen molar-refractivity contribution in [3.63, 3.8) is 0 Å². The van der Waals surface area contributed by atoms with Crippen LogP contribution in [0.3, 0.4) is 0 Å². The van der Waals surface area contributed by atoms with Crippen molar-refractivity contribution in [3.8, 4) is 0 Å². The molecule has 1 aromatic carbocycles. The number of halogens is 2. The maximum absolute atomic E-state index is 13.6. The fourth-order valence-electron chi connectivity index (χ4n) is 2.42. The fraction of sp³-hybridized carbons (Fsp3) is 0.500. The number of amides is 1. The van der Waals surface area contributed by atoms with E-state index >= 15 is 0 Å². The van der Waals surface area contributed by atoms with Gasteiger partial charge in [-0.2, -0.15) is 0 Å². The fourth-order valence-corrected chi connectivity index (χ4v) is 2.42. The van der Waals surface area contributed by atoms with Gasteiger partial charge in [0.15, 0.2) is 0 Å². The summed E-state index contributed by atoms with van der Waals surface area (Å²) in [6.45, 7) is 1.81. The maximum Gasteiger partial charge on any atom is 0.227 e. The predicted molar refractivity (Wildman–Crippen MR) is 76.9 cm³/mol. The first kappa shape index (κ1) is 15.9. The third-order valence-electron chi connectivity index (χ3n) is 3.47. The van der Waals surface area contributed by atoms with E-state index < -0.39 is 0 Å². The van der Waals surface area contributed by atoms with Crippen molar-refractivity contribution in [1.29, 1.82) is 0 Å². The Morgan fingerprint density at radius 2 is 2.16 bits per heavy atom. The monoisotopic (exact) mass is 286 g/mol. The molecular weight excluding hydrogens is 267 g/mol. The molecule has 1 fully saturated rings. The molecule has 0 bridgehead atoms. The molecule has 0 radical (unpaired) electrons. The molecule has 106 valence electrons. The molecule has 0 aliphatic heterocycles. The van der Waals surface area contributed by atoms with Crippen molar-refractivity contribution in [2.75, 3.05) is 5.32 Å². The van der Waals surface area contributed by atoms with Gasteiger partial charge < -0.3 is 11.1 Å². The van der Waals surface area contributed by atoms with Crippen LogP contribution in [0.1, 0.15) is 31.2 Å². The van der Waals surface area contributed by atoms with Crippen LogP contribution in [0.25, 0.3) is 0 Å². The van der Waals surface area contributed by atoms with Crippen LogP contribution in [0, 0.1) is 18.7 Å². The molecule has 2 rings (SSSR count). The lowest BCUT2D eigenvalue weighted by atomic mass is 9.85. The minimum absolute atomic E-state index is 0. The van der Waals surface area contributed by atoms with E-state index in [2.05, 4.69) is 5.32 Å². The van der Waals surface area contributed by atoms with E-state index in [4.69, 9.17) is 5.73 Å². The second-order valence-corrected chi connectivity index (χ2v) is 5.10. The average molecular weight is 287 g/mol. The molecule has 0 spiro atoms. The second-order valence-electron chi connectivity index (χ2n) is 5.10. The number of hydrogen-bond acceptors (Lipinski definition) is 2. The highest BCUT2D eigenvalue weighted by molar-refractivity contribution is 5.92. The topological polar surface area (TPSA) is 55.1 Å². The highest BCUT2D eigenvalue weighted by Gasteiger charge is 2.25. The molecule has 3 N–H and O–H groups in total. The molecule has 1 saturated carbocycles. The minimum atomic E-state index is -0.386. The van der Waals surface area contributed by atoms with Crippen molar-refractivity contribution in [1.82, 2.24) is 0 Å². The van der Waals surface area contributed by atoms with Crippen molar-refractivity contribution in [3.05, 3.63) is 29.6 Å². The smallest absolute Gasteiger partial charge is 0.227 e. The van der Waals surface area contributed by atoms with Crippen LogP contribution in [-0.2, 0) is 4.79 Å². The zero-order chi connectivity index (χ0) is 13.1. The number of benzene rings is 1. The Balaban J connectivity index is 0.00000180. The lowest BCUT2D eigenvalue weighted by Crippen LogP contribution is -2.34. The summed E-state index contributed by atoms with van der Waals surface area (Å²) in [5.74, 6) is -0.592. The maximum atomic E-state index is 13.6. The van der Waals surface area contributed by atoms with Crippen LogP contribution >= 0.6 is 12.4 Å². The Morgan fingerprint density at radius 1 is 1.42 bits per heavy atom. The zero-order valence-electron chi connectivity index (χ0n) is 11.0. The number of rotatable bonds is 2. The molecule has 19 heavy (non-hydrogen) atoms. The van der Waals surface area contributed by atoms with E-state index in [-0.39, 0.29) is 41.8 Å². The summed E-state index contributed by atoms with van der Waals surface area (Å²) in [6.07, 6.45) is 3.48. The Hall–Kier alpha value is -1.13. The molecule has 5 heteroatoms. The number of anilines is 1. The highest BCUT2D eigenvalue weighted by Crippen LogP contribution is 2.25. The van der Waals surface area contributed by atoms with Crippen LogP contribution in [0.4, 0.5) is 10.1 Å². The standard InChI is InChI=1S/C14H19FN2O.ClH/c1-9-5-6-13(12(15)7-9)17-14(18)10-3-2-4-11(16)8-10;/h5-7,10-11H,2-4,8,16H2,1H3,(H,17,18);1H. The first-order valence-corrected chi connectivity index (χ1v) is 6.39. The van der Waals surface area contributed by atoms with E-state index in [0.29, 0.717) is 6.42 Å². The highest BCUT2D eigenvalue weighted by atomic mass is 35.5. The van der Waals surface area contributed by atoms with Gasteiger partial charge in [0.2, 0.25) is 5.91 Å². The van der Waals surface area contributed by atoms with Gasteiger partial charge in [-0.05, 0) is 43.9 Å². The molecule has 1 aromatic rings. The van der Waals surface area contributed by atoms with Gasteiger partial charge in [-0.25, -0.2) is 4.39 Å². The van der Waals surface area contributed by atoms with Gasteiger partial charge in [0, 0.05) is 12.0 Å². The summed E-state index contributed by atoms with van der Waals surface area (Å²) >= 11 is 0. The minimum Gasteiger partial charge on any atom is -0.328 e. The van der Waals surface area contributed by atoms with Gasteiger partial charge in [0.05, 0.1) is 5.69 Å². The Kier molecular flexibility index (Phi) is 5.76. The Bertz CT molecular complexity index is 453. The van der Waals surface area contributed by atoms with E-state index in [1.54, 1.807) is 12.1 Å². The molecule has 1 aliphatic rings. The van der Waals surface area contributed by atoms with E-state index in [9.17, 15) is 9.18 Å². The second kappa shape index (κ2) is 6.87. The SMILES string of the molecule is Cc1ccc(NC(=O)C2CCCC(N)C2)c(F)c1.Cl. The van der Waals surface area contributed by atoms with Gasteiger partial charge in [0.25, 0.3) is 0 Å². The molecule has 0 saturated heterocycles. The molecule has 2 atom stereocenters. The summed E-state index contributed by atoms with van der Waals surface area (Å²) in [6, 6.07) is 4.90. The average Bonchev–Trinajstić information content (AvgIpc) is 2.32. The van der Waals surface area contributed by atoms with Gasteiger partial charge in [-0.3, -0.25) is 4.79 Å². The molecule has 0 heterocycles. The molecule has 1 aliphatic carbocycles. The van der Waals surface area contributed by atoms with E-state index in [1.807, 2.05) is 6.92 Å². The molecule has 1 amide bonds. The number of aryl methyl sites for hydroxylation is 1. The van der Waals surface area contributed by atoms with Gasteiger partial charge in [-0.15, -0.1) is 12.4 Å².